The molecule has 5 aromatic carbocycles. The van der Waals surface area contributed by atoms with Gasteiger partial charge in [-0.05, 0) is 86.3 Å². The molecule has 11 nitrogen and oxygen atoms in total. The van der Waals surface area contributed by atoms with Crippen LogP contribution in [0, 0.1) is 11.8 Å². The highest BCUT2D eigenvalue weighted by Crippen LogP contribution is 2.42. The summed E-state index contributed by atoms with van der Waals surface area (Å²) < 4.78 is 53.1. The number of aromatic nitrogens is 1. The number of rotatable bonds is 15. The van der Waals surface area contributed by atoms with Gasteiger partial charge in [0.05, 0.1) is 24.5 Å². The fourth-order valence-corrected chi connectivity index (χ4v) is 13.8. The summed E-state index contributed by atoms with van der Waals surface area (Å²) in [5.74, 6) is 8.39. The maximum Gasteiger partial charge on any atom is 0.441 e. The van der Waals surface area contributed by atoms with Crippen molar-refractivity contribution in [2.24, 2.45) is 0 Å². The van der Waals surface area contributed by atoms with E-state index in [-0.39, 0.29) is 23.3 Å². The fourth-order valence-electron chi connectivity index (χ4n) is 7.57. The lowest BCUT2D eigenvalue weighted by atomic mass is 10.1. The highest BCUT2D eigenvalue weighted by molar-refractivity contribution is 7.91. The summed E-state index contributed by atoms with van der Waals surface area (Å²) >= 11 is 1.28. The number of thiazole rings is 1. The zero-order valence-electron chi connectivity index (χ0n) is 40.3. The lowest BCUT2D eigenvalue weighted by molar-refractivity contribution is -0.0355. The molecule has 14 heteroatoms. The Morgan fingerprint density at radius 3 is 1.97 bits per heavy atom. The molecule has 1 aromatic heterocycles. The van der Waals surface area contributed by atoms with Gasteiger partial charge in [0.15, 0.2) is 0 Å². The lowest BCUT2D eigenvalue weighted by Gasteiger charge is -2.43. The van der Waals surface area contributed by atoms with Crippen LogP contribution in [0.1, 0.15) is 84.6 Å². The normalized spacial score (nSPS) is 12.3. The van der Waals surface area contributed by atoms with Crippen molar-refractivity contribution in [3.63, 3.8) is 0 Å². The van der Waals surface area contributed by atoms with Gasteiger partial charge in [-0.15, -0.1) is 5.06 Å². The first-order chi connectivity index (χ1) is 31.6. The molecule has 352 valence electrons. The van der Waals surface area contributed by atoms with Crippen LogP contribution in [0.5, 0.6) is 17.2 Å². The Hall–Kier alpha value is -5.95. The minimum atomic E-state index is -3.84. The van der Waals surface area contributed by atoms with Crippen LogP contribution in [0.3, 0.4) is 0 Å². The Bertz CT molecular complexity index is 2830. The van der Waals surface area contributed by atoms with E-state index >= 15 is 0 Å². The molecule has 0 saturated heterocycles. The summed E-state index contributed by atoms with van der Waals surface area (Å²) in [7, 11) is -3.92. The van der Waals surface area contributed by atoms with Crippen molar-refractivity contribution in [2.75, 3.05) is 19.3 Å². The smallest absolute Gasteiger partial charge is 0.441 e. The molecule has 0 aliphatic carbocycles. The molecule has 67 heavy (non-hydrogen) atoms. The molecular formula is C53H61N3O8S2Si. The quantitative estimate of drug-likeness (QED) is 0.0563. The van der Waals surface area contributed by atoms with Gasteiger partial charge in [-0.1, -0.05) is 142 Å². The molecule has 0 saturated carbocycles. The van der Waals surface area contributed by atoms with Gasteiger partial charge in [-0.25, -0.2) is 18.2 Å². The molecule has 1 heterocycles. The third-order valence-corrected chi connectivity index (χ3v) is 17.8. The highest BCUT2D eigenvalue weighted by atomic mass is 32.2. The number of hydroxylamine groups is 1. The molecule has 6 rings (SSSR count). The van der Waals surface area contributed by atoms with Crippen molar-refractivity contribution in [1.82, 2.24) is 9.29 Å². The summed E-state index contributed by atoms with van der Waals surface area (Å²) in [4.78, 5) is 25.1. The van der Waals surface area contributed by atoms with Gasteiger partial charge in [0.2, 0.25) is 15.2 Å². The molecule has 0 atom stereocenters. The second-order valence-electron chi connectivity index (χ2n) is 19.0. The average Bonchev–Trinajstić information content (AvgIpc) is 3.71. The van der Waals surface area contributed by atoms with E-state index in [1.165, 1.54) is 22.8 Å². The van der Waals surface area contributed by atoms with Gasteiger partial charge in [0.25, 0.3) is 0 Å². The summed E-state index contributed by atoms with van der Waals surface area (Å²) in [5.41, 5.74) is 2.05. The Labute approximate surface area is 401 Å². The molecule has 0 spiro atoms. The van der Waals surface area contributed by atoms with E-state index in [1.807, 2.05) is 93.6 Å². The number of hydrogen-bond acceptors (Lipinski definition) is 10. The number of ether oxygens (including phenoxy) is 3. The van der Waals surface area contributed by atoms with Gasteiger partial charge in [-0.2, -0.15) is 4.31 Å². The van der Waals surface area contributed by atoms with Crippen LogP contribution in [0.15, 0.2) is 127 Å². The number of fused-ring (bicyclic) bond motifs is 1. The van der Waals surface area contributed by atoms with Crippen molar-refractivity contribution in [1.29, 1.82) is 0 Å². The first-order valence-electron chi connectivity index (χ1n) is 21.9. The summed E-state index contributed by atoms with van der Waals surface area (Å²) in [6, 6.07) is 37.6. The van der Waals surface area contributed by atoms with Crippen LogP contribution in [-0.2, 0) is 39.1 Å². The van der Waals surface area contributed by atoms with E-state index in [0.717, 1.165) is 36.7 Å². The number of amides is 1. The molecule has 0 unspecified atom stereocenters. The van der Waals surface area contributed by atoms with Gasteiger partial charge < -0.3 is 18.6 Å². The predicted octanol–water partition coefficient (Wildman–Crippen LogP) is 10.8. The Morgan fingerprint density at radius 1 is 0.761 bits per heavy atom. The summed E-state index contributed by atoms with van der Waals surface area (Å²) in [6.45, 7) is 21.4. The van der Waals surface area contributed by atoms with Crippen LogP contribution in [-0.4, -0.2) is 57.5 Å². The standard InChI is InChI=1S/C53H61N3O8S2Si/c1-13-66(58,59)55(37-41-30-31-42(60-11)35-45(41)61-12)36-40-25-21-23-38(32-40)22-20-24-39-33-46(63-67(53(8,9)10,43-26-16-14-17-27-43)44-28-18-15-19-29-44)48-47(34-39)65-49(54-48)56(64-52(5,6)7)50(57)62-51(2,3)4/h13-19,21,23,25-35H,1,22,36-37H2,2-12H3. The Balaban J connectivity index is 1.43. The van der Waals surface area contributed by atoms with Gasteiger partial charge in [0.1, 0.15) is 28.4 Å². The number of hydrogen-bond donors (Lipinski definition) is 0. The molecule has 1 amide bonds. The maximum absolute atomic E-state index is 13.8. The SMILES string of the molecule is C=CS(=O)(=O)N(Cc1cccc(CC#Cc2cc(O[Si](c3ccccc3)(c3ccccc3)C(C)(C)C)c3nc(N(OC(C)(C)C)C(=O)OC(C)(C)C)sc3c2)c1)Cc1ccc(OC)cc1OC. The molecular weight excluding hydrogens is 899 g/mol. The van der Waals surface area contributed by atoms with Crippen molar-refractivity contribution in [3.05, 3.63) is 150 Å². The van der Waals surface area contributed by atoms with Crippen LogP contribution in [0.2, 0.25) is 5.04 Å². The highest BCUT2D eigenvalue weighted by Gasteiger charge is 2.52. The summed E-state index contributed by atoms with van der Waals surface area (Å²) in [6.07, 6.45) is -0.319. The second kappa shape index (κ2) is 20.5. The van der Waals surface area contributed by atoms with E-state index in [1.54, 1.807) is 46.1 Å². The third-order valence-electron chi connectivity index (χ3n) is 10.5. The first kappa shape index (κ1) is 50.5. The fraction of sp³-hybridized carbons (Fsp3) is 0.321. The van der Waals surface area contributed by atoms with E-state index in [4.69, 9.17) is 28.5 Å². The number of carbonyl (C=O) groups is 1. The van der Waals surface area contributed by atoms with E-state index in [9.17, 15) is 13.2 Å². The maximum atomic E-state index is 13.8. The largest absolute Gasteiger partial charge is 0.532 e. The monoisotopic (exact) mass is 959 g/mol. The van der Waals surface area contributed by atoms with Crippen LogP contribution < -0.4 is 29.3 Å². The number of nitrogens with zero attached hydrogens (tertiary/aromatic N) is 3. The topological polar surface area (TPSA) is 117 Å². The van der Waals surface area contributed by atoms with Gasteiger partial charge in [0, 0.05) is 42.1 Å². The number of anilines is 1. The molecule has 0 bridgehead atoms. The van der Waals surface area contributed by atoms with E-state index < -0.39 is 35.6 Å². The molecule has 0 radical (unpaired) electrons. The lowest BCUT2D eigenvalue weighted by Crippen LogP contribution is -2.68. The van der Waals surface area contributed by atoms with E-state index in [0.29, 0.717) is 40.3 Å². The second-order valence-corrected chi connectivity index (χ2v) is 26.1. The molecule has 6 aromatic rings. The molecule has 0 aliphatic heterocycles. The number of methoxy groups -OCH3 is 2. The molecule has 0 fully saturated rings. The van der Waals surface area contributed by atoms with Gasteiger partial charge >= 0.3 is 14.4 Å². The average molecular weight is 960 g/mol. The zero-order valence-corrected chi connectivity index (χ0v) is 42.9. The van der Waals surface area contributed by atoms with Crippen LogP contribution in [0.25, 0.3) is 10.2 Å². The Morgan fingerprint density at radius 2 is 1.40 bits per heavy atom. The zero-order chi connectivity index (χ0) is 48.8. The van der Waals surface area contributed by atoms with Gasteiger partial charge in [-0.3, -0.25) is 4.84 Å². The first-order valence-corrected chi connectivity index (χ1v) is 26.2. The van der Waals surface area contributed by atoms with Crippen molar-refractivity contribution >= 4 is 61.5 Å². The molecule has 0 aliphatic rings. The number of sulfonamides is 1. The minimum Gasteiger partial charge on any atom is -0.532 e. The third kappa shape index (κ3) is 12.3. The van der Waals surface area contributed by atoms with E-state index in [2.05, 4.69) is 63.5 Å². The van der Waals surface area contributed by atoms with Crippen molar-refractivity contribution in [3.8, 4) is 29.1 Å². The Kier molecular flexibility index (Phi) is 15.4. The minimum absolute atomic E-state index is 0.0590. The van der Waals surface area contributed by atoms with Crippen LogP contribution in [0.4, 0.5) is 9.93 Å². The van der Waals surface area contributed by atoms with Crippen molar-refractivity contribution in [2.45, 2.75) is 98.1 Å². The number of carbonyl (C=O) groups excluding carboxylic acids is 1. The van der Waals surface area contributed by atoms with Crippen molar-refractivity contribution < 1.29 is 36.7 Å². The molecule has 0 N–H and O–H groups in total. The number of benzene rings is 5. The predicted molar refractivity (Wildman–Crippen MR) is 272 cm³/mol. The summed E-state index contributed by atoms with van der Waals surface area (Å²) in [5, 5.41) is 4.18. The van der Waals surface area contributed by atoms with Crippen LogP contribution >= 0.6 is 11.3 Å².